The minimum atomic E-state index is 0.310. The first kappa shape index (κ1) is 18.3. The minimum Gasteiger partial charge on any atom is -0.378 e. The molecule has 3 atom stereocenters. The summed E-state index contributed by atoms with van der Waals surface area (Å²) in [5.74, 6) is 0.972. The summed E-state index contributed by atoms with van der Waals surface area (Å²) in [7, 11) is 0. The molecule has 0 unspecified atom stereocenters. The smallest absolute Gasteiger partial charge is 0.124 e. The SMILES string of the molecule is Cc1ccc2nc(-c3ccc4c(c3)[C@@H]3C=CC[C@@H]3[C@H](c3ccccc3Br)N4)sc2c1. The standard InChI is InChI=1S/C26H21BrN2S/c1-15-9-11-23-24(13-15)30-26(29-23)16-10-12-22-20(14-16)17-6-4-7-18(17)25(28-22)19-5-2-3-8-21(19)27/h2-6,8-14,17-18,25,28H,7H2,1H3/t17-,18+,25-/m1/s1. The van der Waals surface area contributed by atoms with Gasteiger partial charge in [-0.3, -0.25) is 0 Å². The average molecular weight is 473 g/mol. The molecule has 0 saturated carbocycles. The fourth-order valence-electron chi connectivity index (χ4n) is 4.92. The molecule has 0 amide bonds. The Kier molecular flexibility index (Phi) is 4.32. The van der Waals surface area contributed by atoms with Crippen molar-refractivity contribution in [3.05, 3.63) is 94.0 Å². The molecule has 1 aromatic heterocycles. The van der Waals surface area contributed by atoms with E-state index in [-0.39, 0.29) is 0 Å². The minimum absolute atomic E-state index is 0.310. The molecule has 0 spiro atoms. The van der Waals surface area contributed by atoms with E-state index in [1.807, 2.05) is 0 Å². The lowest BCUT2D eigenvalue weighted by Crippen LogP contribution is -2.29. The van der Waals surface area contributed by atoms with Gasteiger partial charge in [0.25, 0.3) is 0 Å². The molecular formula is C26H21BrN2S. The van der Waals surface area contributed by atoms with E-state index in [1.54, 1.807) is 11.3 Å². The van der Waals surface area contributed by atoms with Crippen LogP contribution in [0.3, 0.4) is 0 Å². The summed E-state index contributed by atoms with van der Waals surface area (Å²) in [6.07, 6.45) is 5.86. The van der Waals surface area contributed by atoms with E-state index in [0.717, 1.165) is 16.9 Å². The fraction of sp³-hybridized carbons (Fsp3) is 0.192. The number of rotatable bonds is 2. The van der Waals surface area contributed by atoms with Crippen LogP contribution in [-0.4, -0.2) is 4.98 Å². The van der Waals surface area contributed by atoms with Crippen molar-refractivity contribution in [2.75, 3.05) is 5.32 Å². The van der Waals surface area contributed by atoms with Crippen molar-refractivity contribution in [1.82, 2.24) is 4.98 Å². The summed E-state index contributed by atoms with van der Waals surface area (Å²) in [6, 6.07) is 22.2. The second-order valence-electron chi connectivity index (χ2n) is 8.29. The van der Waals surface area contributed by atoms with Crippen LogP contribution in [-0.2, 0) is 0 Å². The maximum atomic E-state index is 4.91. The van der Waals surface area contributed by atoms with Gasteiger partial charge in [0.05, 0.1) is 16.3 Å². The van der Waals surface area contributed by atoms with Crippen LogP contribution >= 0.6 is 27.3 Å². The molecule has 6 rings (SSSR count). The van der Waals surface area contributed by atoms with Crippen LogP contribution in [0, 0.1) is 12.8 Å². The van der Waals surface area contributed by atoms with E-state index in [0.29, 0.717) is 17.9 Å². The molecule has 0 radical (unpaired) electrons. The zero-order chi connectivity index (χ0) is 20.2. The van der Waals surface area contributed by atoms with E-state index in [1.165, 1.54) is 37.1 Å². The van der Waals surface area contributed by atoms with Crippen LogP contribution in [0.25, 0.3) is 20.8 Å². The number of aromatic nitrogens is 1. The lowest BCUT2D eigenvalue weighted by molar-refractivity contribution is 0.424. The molecule has 4 heteroatoms. The summed E-state index contributed by atoms with van der Waals surface area (Å²) < 4.78 is 2.44. The second kappa shape index (κ2) is 7.07. The van der Waals surface area contributed by atoms with Crippen molar-refractivity contribution < 1.29 is 0 Å². The number of thiazole rings is 1. The Labute approximate surface area is 188 Å². The van der Waals surface area contributed by atoms with Gasteiger partial charge in [0.15, 0.2) is 0 Å². The van der Waals surface area contributed by atoms with E-state index >= 15 is 0 Å². The summed E-state index contributed by atoms with van der Waals surface area (Å²) in [4.78, 5) is 4.91. The number of nitrogens with zero attached hydrogens (tertiary/aromatic N) is 1. The molecule has 0 saturated heterocycles. The van der Waals surface area contributed by atoms with Gasteiger partial charge in [0.2, 0.25) is 0 Å². The number of benzene rings is 3. The Balaban J connectivity index is 1.43. The van der Waals surface area contributed by atoms with Crippen LogP contribution in [0.4, 0.5) is 5.69 Å². The maximum absolute atomic E-state index is 4.91. The van der Waals surface area contributed by atoms with Gasteiger partial charge < -0.3 is 5.32 Å². The highest BCUT2D eigenvalue weighted by Crippen LogP contribution is 2.51. The number of aryl methyl sites for hydroxylation is 1. The lowest BCUT2D eigenvalue weighted by atomic mass is 9.76. The second-order valence-corrected chi connectivity index (χ2v) is 10.2. The number of hydrogen-bond donors (Lipinski definition) is 1. The highest BCUT2D eigenvalue weighted by Gasteiger charge is 2.38. The van der Waals surface area contributed by atoms with Crippen LogP contribution in [0.2, 0.25) is 0 Å². The highest BCUT2D eigenvalue weighted by molar-refractivity contribution is 9.10. The van der Waals surface area contributed by atoms with Gasteiger partial charge in [-0.05, 0) is 72.4 Å². The van der Waals surface area contributed by atoms with E-state index in [9.17, 15) is 0 Å². The monoisotopic (exact) mass is 472 g/mol. The molecular weight excluding hydrogens is 452 g/mol. The first-order valence-electron chi connectivity index (χ1n) is 10.4. The van der Waals surface area contributed by atoms with Gasteiger partial charge in [-0.15, -0.1) is 11.3 Å². The molecule has 1 aliphatic carbocycles. The Morgan fingerprint density at radius 3 is 2.83 bits per heavy atom. The summed E-state index contributed by atoms with van der Waals surface area (Å²) in [5, 5.41) is 4.95. The van der Waals surface area contributed by atoms with E-state index in [4.69, 9.17) is 4.98 Å². The summed E-state index contributed by atoms with van der Waals surface area (Å²) >= 11 is 5.55. The third-order valence-corrected chi connectivity index (χ3v) is 8.18. The van der Waals surface area contributed by atoms with Gasteiger partial charge in [-0.1, -0.05) is 52.3 Å². The zero-order valence-corrected chi connectivity index (χ0v) is 19.0. The van der Waals surface area contributed by atoms with Gasteiger partial charge in [-0.2, -0.15) is 0 Å². The van der Waals surface area contributed by atoms with Crippen LogP contribution in [0.5, 0.6) is 0 Å². The fourth-order valence-corrected chi connectivity index (χ4v) is 6.51. The van der Waals surface area contributed by atoms with Crippen LogP contribution in [0.15, 0.2) is 77.3 Å². The van der Waals surface area contributed by atoms with Crippen LogP contribution < -0.4 is 5.32 Å². The molecule has 0 bridgehead atoms. The van der Waals surface area contributed by atoms with Crippen molar-refractivity contribution in [3.8, 4) is 10.6 Å². The first-order valence-corrected chi connectivity index (χ1v) is 12.0. The van der Waals surface area contributed by atoms with Gasteiger partial charge in [0, 0.05) is 21.6 Å². The number of allylic oxidation sites excluding steroid dienone is 2. The number of halogens is 1. The first-order chi connectivity index (χ1) is 14.7. The van der Waals surface area contributed by atoms with Gasteiger partial charge in [0.1, 0.15) is 5.01 Å². The summed E-state index contributed by atoms with van der Waals surface area (Å²) in [6.45, 7) is 2.14. The summed E-state index contributed by atoms with van der Waals surface area (Å²) in [5.41, 5.74) is 7.56. The van der Waals surface area contributed by atoms with Crippen molar-refractivity contribution in [2.24, 2.45) is 5.92 Å². The molecule has 0 fully saturated rings. The number of fused-ring (bicyclic) bond motifs is 4. The molecule has 1 N–H and O–H groups in total. The molecule has 148 valence electrons. The molecule has 2 heterocycles. The quantitative estimate of drug-likeness (QED) is 0.300. The maximum Gasteiger partial charge on any atom is 0.124 e. The Hall–Kier alpha value is -2.43. The lowest BCUT2D eigenvalue weighted by Gasteiger charge is -2.38. The topological polar surface area (TPSA) is 24.9 Å². The number of anilines is 1. The van der Waals surface area contributed by atoms with Crippen molar-refractivity contribution >= 4 is 43.2 Å². The van der Waals surface area contributed by atoms with Crippen molar-refractivity contribution in [3.63, 3.8) is 0 Å². The molecule has 1 aliphatic heterocycles. The normalized spacial score (nSPS) is 22.0. The van der Waals surface area contributed by atoms with Crippen molar-refractivity contribution in [1.29, 1.82) is 0 Å². The Bertz CT molecular complexity index is 1310. The van der Waals surface area contributed by atoms with E-state index < -0.39 is 0 Å². The average Bonchev–Trinajstić information content (AvgIpc) is 3.40. The Morgan fingerprint density at radius 1 is 1.03 bits per heavy atom. The third kappa shape index (κ3) is 2.93. The molecule has 2 nitrogen and oxygen atoms in total. The van der Waals surface area contributed by atoms with Gasteiger partial charge in [-0.25, -0.2) is 4.98 Å². The molecule has 30 heavy (non-hydrogen) atoms. The van der Waals surface area contributed by atoms with Crippen LogP contribution in [0.1, 0.15) is 35.1 Å². The molecule has 4 aromatic rings. The molecule has 3 aromatic carbocycles. The molecule has 2 aliphatic rings. The highest BCUT2D eigenvalue weighted by atomic mass is 79.9. The largest absolute Gasteiger partial charge is 0.378 e. The third-order valence-electron chi connectivity index (χ3n) is 6.39. The zero-order valence-electron chi connectivity index (χ0n) is 16.6. The predicted octanol–water partition coefficient (Wildman–Crippen LogP) is 7.86. The number of nitrogens with one attached hydrogen (secondary N) is 1. The van der Waals surface area contributed by atoms with E-state index in [2.05, 4.69) is 101 Å². The number of hydrogen-bond acceptors (Lipinski definition) is 3. The van der Waals surface area contributed by atoms with Gasteiger partial charge >= 0.3 is 0 Å². The predicted molar refractivity (Wildman–Crippen MR) is 130 cm³/mol. The Morgan fingerprint density at radius 2 is 1.93 bits per heavy atom. The van der Waals surface area contributed by atoms with Crippen molar-refractivity contribution in [2.45, 2.75) is 25.3 Å².